The number of benzene rings is 1. The van der Waals surface area contributed by atoms with Gasteiger partial charge in [-0.3, -0.25) is 15.6 Å². The second kappa shape index (κ2) is 9.46. The van der Waals surface area contributed by atoms with E-state index >= 15 is 0 Å². The van der Waals surface area contributed by atoms with Crippen LogP contribution in [0.15, 0.2) is 24.3 Å². The SMILES string of the molecule is COc1ccc(OCC(=O)NNC(=S)N[C@H]2CCC[C@H](C)[C@H]2C)cc1. The van der Waals surface area contributed by atoms with E-state index in [1.54, 1.807) is 31.4 Å². The van der Waals surface area contributed by atoms with Crippen molar-refractivity contribution in [2.24, 2.45) is 11.8 Å². The molecule has 0 unspecified atom stereocenters. The Balaban J connectivity index is 1.67. The summed E-state index contributed by atoms with van der Waals surface area (Å²) in [4.78, 5) is 11.8. The third-order valence-corrected chi connectivity index (χ3v) is 4.99. The average molecular weight is 365 g/mol. The van der Waals surface area contributed by atoms with Crippen molar-refractivity contribution in [3.63, 3.8) is 0 Å². The van der Waals surface area contributed by atoms with Crippen molar-refractivity contribution >= 4 is 23.2 Å². The van der Waals surface area contributed by atoms with E-state index in [0.717, 1.165) is 12.2 Å². The van der Waals surface area contributed by atoms with Gasteiger partial charge < -0.3 is 14.8 Å². The molecule has 1 aromatic carbocycles. The molecule has 1 aromatic rings. The predicted octanol–water partition coefficient (Wildman–Crippen LogP) is 2.39. The molecule has 0 radical (unpaired) electrons. The molecule has 1 aliphatic rings. The number of nitrogens with one attached hydrogen (secondary N) is 3. The van der Waals surface area contributed by atoms with Crippen LogP contribution in [0.3, 0.4) is 0 Å². The highest BCUT2D eigenvalue weighted by Crippen LogP contribution is 2.29. The number of rotatable bonds is 5. The van der Waals surface area contributed by atoms with E-state index in [2.05, 4.69) is 30.0 Å². The van der Waals surface area contributed by atoms with Crippen molar-refractivity contribution in [3.05, 3.63) is 24.3 Å². The Kier molecular flexibility index (Phi) is 7.31. The maximum atomic E-state index is 11.8. The lowest BCUT2D eigenvalue weighted by Gasteiger charge is -2.35. The zero-order chi connectivity index (χ0) is 18.2. The fourth-order valence-electron chi connectivity index (χ4n) is 2.97. The molecule has 0 aliphatic heterocycles. The predicted molar refractivity (Wildman–Crippen MR) is 101 cm³/mol. The summed E-state index contributed by atoms with van der Waals surface area (Å²) in [6, 6.07) is 7.39. The van der Waals surface area contributed by atoms with Gasteiger partial charge in [0.05, 0.1) is 7.11 Å². The average Bonchev–Trinajstić information content (AvgIpc) is 2.62. The standard InChI is InChI=1S/C18H27N3O3S/c1-12-5-4-6-16(13(12)2)19-18(25)21-20-17(22)11-24-15-9-7-14(23-3)8-10-15/h7-10,12-13,16H,4-6,11H2,1-3H3,(H,20,22)(H2,19,21,25)/t12-,13+,16-/m0/s1. The molecule has 1 fully saturated rings. The molecule has 0 heterocycles. The number of carbonyl (C=O) groups excluding carboxylic acids is 1. The van der Waals surface area contributed by atoms with Crippen LogP contribution in [0.5, 0.6) is 11.5 Å². The fraction of sp³-hybridized carbons (Fsp3) is 0.556. The van der Waals surface area contributed by atoms with Crippen LogP contribution < -0.4 is 25.6 Å². The van der Waals surface area contributed by atoms with Crippen molar-refractivity contribution in [1.29, 1.82) is 0 Å². The zero-order valence-electron chi connectivity index (χ0n) is 15.0. The van der Waals surface area contributed by atoms with Gasteiger partial charge in [-0.05, 0) is 54.7 Å². The Morgan fingerprint density at radius 2 is 1.84 bits per heavy atom. The summed E-state index contributed by atoms with van der Waals surface area (Å²) in [5.74, 6) is 2.27. The van der Waals surface area contributed by atoms with Gasteiger partial charge in [0, 0.05) is 6.04 Å². The minimum Gasteiger partial charge on any atom is -0.497 e. The molecular weight excluding hydrogens is 338 g/mol. The number of carbonyl (C=O) groups is 1. The third-order valence-electron chi connectivity index (χ3n) is 4.77. The number of hydrogen-bond donors (Lipinski definition) is 3. The summed E-state index contributed by atoms with van der Waals surface area (Å²) in [7, 11) is 1.60. The molecular formula is C18H27N3O3S. The lowest BCUT2D eigenvalue weighted by atomic mass is 9.78. The number of hydrogen-bond acceptors (Lipinski definition) is 4. The number of thiocarbonyl (C=S) groups is 1. The van der Waals surface area contributed by atoms with Crippen molar-refractivity contribution in [2.75, 3.05) is 13.7 Å². The van der Waals surface area contributed by atoms with E-state index in [1.807, 2.05) is 0 Å². The molecule has 138 valence electrons. The number of amides is 1. The molecule has 0 aromatic heterocycles. The summed E-state index contributed by atoms with van der Waals surface area (Å²) >= 11 is 5.26. The Morgan fingerprint density at radius 1 is 1.16 bits per heavy atom. The summed E-state index contributed by atoms with van der Waals surface area (Å²) in [6.07, 6.45) is 3.56. The maximum Gasteiger partial charge on any atom is 0.276 e. The van der Waals surface area contributed by atoms with E-state index in [9.17, 15) is 4.79 Å². The normalized spacial score (nSPS) is 22.6. The van der Waals surface area contributed by atoms with E-state index in [0.29, 0.717) is 28.7 Å². The molecule has 0 bridgehead atoms. The highest BCUT2D eigenvalue weighted by Gasteiger charge is 2.27. The Hall–Kier alpha value is -2.02. The van der Waals surface area contributed by atoms with Crippen molar-refractivity contribution in [3.8, 4) is 11.5 Å². The topological polar surface area (TPSA) is 71.6 Å². The van der Waals surface area contributed by atoms with Gasteiger partial charge in [0.15, 0.2) is 11.7 Å². The van der Waals surface area contributed by atoms with Gasteiger partial charge >= 0.3 is 0 Å². The molecule has 0 spiro atoms. The minimum absolute atomic E-state index is 0.0984. The Labute approximate surface area is 154 Å². The van der Waals surface area contributed by atoms with Crippen LogP contribution in [0.1, 0.15) is 33.1 Å². The molecule has 0 saturated heterocycles. The number of methoxy groups -OCH3 is 1. The van der Waals surface area contributed by atoms with Crippen molar-refractivity contribution in [2.45, 2.75) is 39.2 Å². The van der Waals surface area contributed by atoms with Crippen LogP contribution >= 0.6 is 12.2 Å². The molecule has 1 aliphatic carbocycles. The lowest BCUT2D eigenvalue weighted by Crippen LogP contribution is -2.53. The largest absolute Gasteiger partial charge is 0.497 e. The van der Waals surface area contributed by atoms with Gasteiger partial charge in [-0.15, -0.1) is 0 Å². The van der Waals surface area contributed by atoms with Crippen LogP contribution in [0, 0.1) is 11.8 Å². The van der Waals surface area contributed by atoms with Gasteiger partial charge in [-0.2, -0.15) is 0 Å². The van der Waals surface area contributed by atoms with Gasteiger partial charge in [0.25, 0.3) is 5.91 Å². The molecule has 1 amide bonds. The second-order valence-electron chi connectivity index (χ2n) is 6.48. The first kappa shape index (κ1) is 19.3. The summed E-state index contributed by atoms with van der Waals surface area (Å²) in [5, 5.41) is 3.73. The van der Waals surface area contributed by atoms with E-state index in [-0.39, 0.29) is 12.5 Å². The lowest BCUT2D eigenvalue weighted by molar-refractivity contribution is -0.123. The maximum absolute atomic E-state index is 11.8. The molecule has 2 rings (SSSR count). The first-order valence-corrected chi connectivity index (χ1v) is 9.02. The highest BCUT2D eigenvalue weighted by molar-refractivity contribution is 7.80. The zero-order valence-corrected chi connectivity index (χ0v) is 15.8. The molecule has 7 heteroatoms. The van der Waals surface area contributed by atoms with Crippen LogP contribution in [0.2, 0.25) is 0 Å². The number of hydrazine groups is 1. The quantitative estimate of drug-likeness (QED) is 0.550. The van der Waals surface area contributed by atoms with Crippen LogP contribution in [-0.2, 0) is 4.79 Å². The van der Waals surface area contributed by atoms with Crippen LogP contribution in [-0.4, -0.2) is 30.8 Å². The first-order chi connectivity index (χ1) is 12.0. The van der Waals surface area contributed by atoms with Crippen molar-refractivity contribution < 1.29 is 14.3 Å². The van der Waals surface area contributed by atoms with Gasteiger partial charge in [-0.1, -0.05) is 26.7 Å². The molecule has 1 saturated carbocycles. The van der Waals surface area contributed by atoms with E-state index < -0.39 is 0 Å². The smallest absolute Gasteiger partial charge is 0.276 e. The Morgan fingerprint density at radius 3 is 2.52 bits per heavy atom. The second-order valence-corrected chi connectivity index (χ2v) is 6.89. The summed E-state index contributed by atoms with van der Waals surface area (Å²) < 4.78 is 10.5. The van der Waals surface area contributed by atoms with Crippen LogP contribution in [0.25, 0.3) is 0 Å². The first-order valence-electron chi connectivity index (χ1n) is 8.61. The Bertz CT molecular complexity index is 579. The molecule has 25 heavy (non-hydrogen) atoms. The molecule has 3 atom stereocenters. The monoisotopic (exact) mass is 365 g/mol. The van der Waals surface area contributed by atoms with Gasteiger partial charge in [0.1, 0.15) is 11.5 Å². The third kappa shape index (κ3) is 6.08. The van der Waals surface area contributed by atoms with Gasteiger partial charge in [0.2, 0.25) is 0 Å². The minimum atomic E-state index is -0.301. The fourth-order valence-corrected chi connectivity index (χ4v) is 3.18. The summed E-state index contributed by atoms with van der Waals surface area (Å²) in [5.41, 5.74) is 5.29. The number of ether oxygens (including phenoxy) is 2. The van der Waals surface area contributed by atoms with E-state index in [4.69, 9.17) is 21.7 Å². The van der Waals surface area contributed by atoms with Crippen LogP contribution in [0.4, 0.5) is 0 Å². The van der Waals surface area contributed by atoms with E-state index in [1.165, 1.54) is 12.8 Å². The highest BCUT2D eigenvalue weighted by atomic mass is 32.1. The summed E-state index contributed by atoms with van der Waals surface area (Å²) in [6.45, 7) is 4.41. The van der Waals surface area contributed by atoms with Gasteiger partial charge in [-0.25, -0.2) is 0 Å². The molecule has 6 nitrogen and oxygen atoms in total. The van der Waals surface area contributed by atoms with Crippen molar-refractivity contribution in [1.82, 2.24) is 16.2 Å². The molecule has 3 N–H and O–H groups in total.